The first-order valence-electron chi connectivity index (χ1n) is 8.69. The van der Waals surface area contributed by atoms with Gasteiger partial charge in [-0.25, -0.2) is 0 Å². The Balaban J connectivity index is 1.73. The SMILES string of the molecule is CCOC(=O)C1CCCN(CCCOc2c(C)cccc2C)C1. The zero-order valence-corrected chi connectivity index (χ0v) is 14.6. The van der Waals surface area contributed by atoms with Crippen LogP contribution in [0.4, 0.5) is 0 Å². The van der Waals surface area contributed by atoms with E-state index in [1.54, 1.807) is 0 Å². The number of piperidine rings is 1. The number of aryl methyl sites for hydroxylation is 2. The Bertz CT molecular complexity index is 495. The van der Waals surface area contributed by atoms with E-state index in [-0.39, 0.29) is 11.9 Å². The van der Waals surface area contributed by atoms with Crippen molar-refractivity contribution in [2.45, 2.75) is 40.0 Å². The van der Waals surface area contributed by atoms with Crippen LogP contribution in [0.15, 0.2) is 18.2 Å². The molecule has 1 atom stereocenters. The molecular weight excluding hydrogens is 290 g/mol. The fourth-order valence-electron chi connectivity index (χ4n) is 3.20. The summed E-state index contributed by atoms with van der Waals surface area (Å²) in [6.07, 6.45) is 3.00. The van der Waals surface area contributed by atoms with Gasteiger partial charge in [0.15, 0.2) is 0 Å². The Morgan fingerprint density at radius 3 is 2.74 bits per heavy atom. The number of carbonyl (C=O) groups is 1. The Morgan fingerprint density at radius 2 is 2.04 bits per heavy atom. The van der Waals surface area contributed by atoms with Crippen LogP contribution in [-0.2, 0) is 9.53 Å². The molecule has 2 rings (SSSR count). The summed E-state index contributed by atoms with van der Waals surface area (Å²) in [6.45, 7) is 10.1. The van der Waals surface area contributed by atoms with Crippen molar-refractivity contribution < 1.29 is 14.3 Å². The monoisotopic (exact) mass is 319 g/mol. The third-order valence-electron chi connectivity index (χ3n) is 4.40. The van der Waals surface area contributed by atoms with Crippen molar-refractivity contribution in [3.8, 4) is 5.75 Å². The highest BCUT2D eigenvalue weighted by atomic mass is 16.5. The molecule has 1 heterocycles. The normalized spacial score (nSPS) is 18.7. The molecule has 1 fully saturated rings. The van der Waals surface area contributed by atoms with E-state index in [2.05, 4.69) is 36.9 Å². The number of hydrogen-bond donors (Lipinski definition) is 0. The molecule has 0 saturated carbocycles. The van der Waals surface area contributed by atoms with Gasteiger partial charge in [-0.2, -0.15) is 0 Å². The minimum Gasteiger partial charge on any atom is -0.493 e. The molecule has 1 unspecified atom stereocenters. The predicted molar refractivity (Wildman–Crippen MR) is 91.8 cm³/mol. The van der Waals surface area contributed by atoms with Crippen LogP contribution in [0.25, 0.3) is 0 Å². The molecule has 1 aliphatic rings. The molecule has 0 radical (unpaired) electrons. The van der Waals surface area contributed by atoms with E-state index in [1.807, 2.05) is 6.92 Å². The maximum absolute atomic E-state index is 11.9. The molecule has 1 aliphatic heterocycles. The van der Waals surface area contributed by atoms with Crippen LogP contribution in [0.5, 0.6) is 5.75 Å². The van der Waals surface area contributed by atoms with Crippen molar-refractivity contribution in [3.63, 3.8) is 0 Å². The number of esters is 1. The lowest BCUT2D eigenvalue weighted by molar-refractivity contribution is -0.149. The molecule has 0 N–H and O–H groups in total. The van der Waals surface area contributed by atoms with Crippen LogP contribution in [0.2, 0.25) is 0 Å². The zero-order chi connectivity index (χ0) is 16.7. The Labute approximate surface area is 139 Å². The number of carbonyl (C=O) groups excluding carboxylic acids is 1. The van der Waals surface area contributed by atoms with Crippen molar-refractivity contribution in [2.24, 2.45) is 5.92 Å². The Hall–Kier alpha value is -1.55. The molecule has 0 aliphatic carbocycles. The maximum atomic E-state index is 11.9. The molecule has 0 aromatic heterocycles. The molecule has 0 amide bonds. The average Bonchev–Trinajstić information content (AvgIpc) is 2.54. The van der Waals surface area contributed by atoms with E-state index in [9.17, 15) is 4.79 Å². The van der Waals surface area contributed by atoms with Crippen LogP contribution in [0.3, 0.4) is 0 Å². The van der Waals surface area contributed by atoms with Crippen LogP contribution >= 0.6 is 0 Å². The van der Waals surface area contributed by atoms with E-state index < -0.39 is 0 Å². The van der Waals surface area contributed by atoms with Gasteiger partial charge in [-0.15, -0.1) is 0 Å². The lowest BCUT2D eigenvalue weighted by Crippen LogP contribution is -2.40. The first kappa shape index (κ1) is 17.8. The largest absolute Gasteiger partial charge is 0.493 e. The van der Waals surface area contributed by atoms with E-state index >= 15 is 0 Å². The number of hydrogen-bond acceptors (Lipinski definition) is 4. The van der Waals surface area contributed by atoms with E-state index in [4.69, 9.17) is 9.47 Å². The molecular formula is C19H29NO3. The minimum atomic E-state index is -0.0380. The fraction of sp³-hybridized carbons (Fsp3) is 0.632. The Morgan fingerprint density at radius 1 is 1.30 bits per heavy atom. The summed E-state index contributed by atoms with van der Waals surface area (Å²) in [5.74, 6) is 1.02. The predicted octanol–water partition coefficient (Wildman–Crippen LogP) is 3.35. The molecule has 0 spiro atoms. The van der Waals surface area contributed by atoms with Crippen LogP contribution in [0, 0.1) is 19.8 Å². The van der Waals surface area contributed by atoms with Gasteiger partial charge >= 0.3 is 5.97 Å². The van der Waals surface area contributed by atoms with Crippen LogP contribution in [0.1, 0.15) is 37.3 Å². The summed E-state index contributed by atoms with van der Waals surface area (Å²) in [5.41, 5.74) is 2.37. The number of para-hydroxylation sites is 1. The van der Waals surface area contributed by atoms with Crippen LogP contribution in [-0.4, -0.2) is 43.7 Å². The summed E-state index contributed by atoms with van der Waals surface area (Å²) in [7, 11) is 0. The van der Waals surface area contributed by atoms with Gasteiger partial charge < -0.3 is 14.4 Å². The number of rotatable bonds is 7. The lowest BCUT2D eigenvalue weighted by Gasteiger charge is -2.31. The number of benzene rings is 1. The third-order valence-corrected chi connectivity index (χ3v) is 4.40. The van der Waals surface area contributed by atoms with Crippen molar-refractivity contribution in [3.05, 3.63) is 29.3 Å². The van der Waals surface area contributed by atoms with E-state index in [0.29, 0.717) is 13.2 Å². The molecule has 1 saturated heterocycles. The van der Waals surface area contributed by atoms with Gasteiger partial charge in [-0.3, -0.25) is 4.79 Å². The maximum Gasteiger partial charge on any atom is 0.310 e. The highest BCUT2D eigenvalue weighted by Crippen LogP contribution is 2.22. The quantitative estimate of drug-likeness (QED) is 0.571. The van der Waals surface area contributed by atoms with Gasteiger partial charge in [-0.1, -0.05) is 18.2 Å². The smallest absolute Gasteiger partial charge is 0.310 e. The van der Waals surface area contributed by atoms with Gasteiger partial charge in [0.05, 0.1) is 19.1 Å². The summed E-state index contributed by atoms with van der Waals surface area (Å²) >= 11 is 0. The van der Waals surface area contributed by atoms with Gasteiger partial charge in [0.25, 0.3) is 0 Å². The highest BCUT2D eigenvalue weighted by Gasteiger charge is 2.26. The molecule has 4 nitrogen and oxygen atoms in total. The molecule has 1 aromatic rings. The first-order valence-corrected chi connectivity index (χ1v) is 8.69. The number of likely N-dealkylation sites (tertiary alicyclic amines) is 1. The molecule has 1 aromatic carbocycles. The van der Waals surface area contributed by atoms with Crippen molar-refractivity contribution in [2.75, 3.05) is 32.8 Å². The van der Waals surface area contributed by atoms with E-state index in [0.717, 1.165) is 44.6 Å². The summed E-state index contributed by atoms with van der Waals surface area (Å²) in [4.78, 5) is 14.2. The lowest BCUT2D eigenvalue weighted by atomic mass is 9.98. The highest BCUT2D eigenvalue weighted by molar-refractivity contribution is 5.72. The average molecular weight is 319 g/mol. The first-order chi connectivity index (χ1) is 11.1. The minimum absolute atomic E-state index is 0.0380. The Kier molecular flexibility index (Phi) is 6.90. The summed E-state index contributed by atoms with van der Waals surface area (Å²) in [6, 6.07) is 6.22. The van der Waals surface area contributed by atoms with Crippen molar-refractivity contribution in [1.82, 2.24) is 4.90 Å². The van der Waals surface area contributed by atoms with Gasteiger partial charge in [0, 0.05) is 13.1 Å². The van der Waals surface area contributed by atoms with Crippen molar-refractivity contribution >= 4 is 5.97 Å². The van der Waals surface area contributed by atoms with Crippen molar-refractivity contribution in [1.29, 1.82) is 0 Å². The second kappa shape index (κ2) is 8.92. The fourth-order valence-corrected chi connectivity index (χ4v) is 3.20. The molecule has 23 heavy (non-hydrogen) atoms. The topological polar surface area (TPSA) is 38.8 Å². The second-order valence-electron chi connectivity index (χ2n) is 6.31. The molecule has 4 heteroatoms. The number of nitrogens with zero attached hydrogens (tertiary/aromatic N) is 1. The van der Waals surface area contributed by atoms with Gasteiger partial charge in [0.2, 0.25) is 0 Å². The van der Waals surface area contributed by atoms with Crippen LogP contribution < -0.4 is 4.74 Å². The molecule has 0 bridgehead atoms. The summed E-state index contributed by atoms with van der Waals surface area (Å²) in [5, 5.41) is 0. The van der Waals surface area contributed by atoms with Gasteiger partial charge in [-0.05, 0) is 57.7 Å². The third kappa shape index (κ3) is 5.24. The standard InChI is InChI=1S/C19H29NO3/c1-4-22-19(21)17-10-6-11-20(14-17)12-7-13-23-18-15(2)8-5-9-16(18)3/h5,8-9,17H,4,6-7,10-14H2,1-3H3. The second-order valence-corrected chi connectivity index (χ2v) is 6.31. The molecule has 128 valence electrons. The zero-order valence-electron chi connectivity index (χ0n) is 14.6. The summed E-state index contributed by atoms with van der Waals surface area (Å²) < 4.78 is 11.1. The van der Waals surface area contributed by atoms with Gasteiger partial charge in [0.1, 0.15) is 5.75 Å². The number of ether oxygens (including phenoxy) is 2. The van der Waals surface area contributed by atoms with E-state index in [1.165, 1.54) is 11.1 Å².